The van der Waals surface area contributed by atoms with Crippen LogP contribution in [0.15, 0.2) is 152 Å². The average Bonchev–Trinajstić information content (AvgIpc) is 3.60. The number of benzene rings is 6. The number of hydrogen-bond donors (Lipinski definition) is 0. The molecule has 1 unspecified atom stereocenters. The summed E-state index contributed by atoms with van der Waals surface area (Å²) in [5.41, 5.74) is 17.0. The maximum Gasteiger partial charge on any atom is -1.00 e. The van der Waals surface area contributed by atoms with Crippen molar-refractivity contribution in [3.05, 3.63) is 202 Å². The number of fused-ring (bicyclic) bond motifs is 4. The van der Waals surface area contributed by atoms with Gasteiger partial charge >= 0.3 is 270 Å². The van der Waals surface area contributed by atoms with Gasteiger partial charge in [-0.05, 0) is 0 Å². The van der Waals surface area contributed by atoms with Gasteiger partial charge in [-0.15, -0.1) is 0 Å². The molecule has 6 aromatic rings. The minimum atomic E-state index is -2.94. The van der Waals surface area contributed by atoms with Crippen molar-refractivity contribution >= 4 is 14.9 Å². The fraction of sp³-hybridized carbons (Fsp3) is 0.0930. The molecule has 2 aliphatic carbocycles. The first kappa shape index (κ1) is 32.3. The largest absolute Gasteiger partial charge is 1.00 e. The second-order valence-electron chi connectivity index (χ2n) is 12.2. The van der Waals surface area contributed by atoms with E-state index >= 15 is 0 Å². The van der Waals surface area contributed by atoms with Crippen LogP contribution < -0.4 is 24.8 Å². The smallest absolute Gasteiger partial charge is 1.00 e. The Morgan fingerprint density at radius 1 is 0.478 bits per heavy atom. The van der Waals surface area contributed by atoms with E-state index in [0.717, 1.165) is 0 Å². The molecule has 6 aromatic carbocycles. The Balaban J connectivity index is 0.00000186. The van der Waals surface area contributed by atoms with Gasteiger partial charge in [0.15, 0.2) is 0 Å². The summed E-state index contributed by atoms with van der Waals surface area (Å²) in [6.07, 6.45) is 2.51. The van der Waals surface area contributed by atoms with Crippen molar-refractivity contribution in [2.45, 2.75) is 21.1 Å². The molecule has 0 aromatic heterocycles. The van der Waals surface area contributed by atoms with Gasteiger partial charge in [0.2, 0.25) is 0 Å². The van der Waals surface area contributed by atoms with Crippen LogP contribution in [0.25, 0.3) is 22.8 Å². The van der Waals surface area contributed by atoms with Crippen LogP contribution >= 0.6 is 0 Å². The van der Waals surface area contributed by atoms with Gasteiger partial charge in [0.05, 0.1) is 0 Å². The molecular weight excluding hydrogens is 679 g/mol. The topological polar surface area (TPSA) is 0 Å². The van der Waals surface area contributed by atoms with Gasteiger partial charge in [-0.1, -0.05) is 0 Å². The van der Waals surface area contributed by atoms with Crippen LogP contribution in [0.3, 0.4) is 0 Å². The fourth-order valence-electron chi connectivity index (χ4n) is 7.54. The number of halogens is 2. The maximum atomic E-state index is 2.51. The maximum absolute atomic E-state index is 2.94. The van der Waals surface area contributed by atoms with E-state index in [4.69, 9.17) is 0 Å². The molecule has 0 nitrogen and oxygen atoms in total. The molecule has 0 radical (unpaired) electrons. The summed E-state index contributed by atoms with van der Waals surface area (Å²) in [6, 6.07) is 57.4. The zero-order chi connectivity index (χ0) is 29.6. The van der Waals surface area contributed by atoms with Crippen molar-refractivity contribution in [2.24, 2.45) is 0 Å². The van der Waals surface area contributed by atoms with Crippen LogP contribution in [0, 0.1) is 13.8 Å². The van der Waals surface area contributed by atoms with Crippen molar-refractivity contribution < 1.29 is 46.1 Å². The van der Waals surface area contributed by atoms with Gasteiger partial charge < -0.3 is 24.8 Å². The van der Waals surface area contributed by atoms with Crippen molar-refractivity contribution in [1.82, 2.24) is 0 Å². The molecule has 0 N–H and O–H groups in total. The fourth-order valence-corrected chi connectivity index (χ4v) is 18.0. The summed E-state index contributed by atoms with van der Waals surface area (Å²) in [4.78, 5) is 0. The summed E-state index contributed by atoms with van der Waals surface area (Å²) in [6.45, 7) is 4.52. The van der Waals surface area contributed by atoms with E-state index in [9.17, 15) is 0 Å². The van der Waals surface area contributed by atoms with Crippen LogP contribution in [0.1, 0.15) is 57.3 Å². The average molecular weight is 713 g/mol. The van der Waals surface area contributed by atoms with Crippen LogP contribution in [0.2, 0.25) is 0 Å². The van der Waals surface area contributed by atoms with Crippen molar-refractivity contribution in [2.75, 3.05) is 0 Å². The summed E-state index contributed by atoms with van der Waals surface area (Å²) >= 11 is -2.94. The zero-order valence-electron chi connectivity index (χ0n) is 25.9. The van der Waals surface area contributed by atoms with Crippen LogP contribution in [0.4, 0.5) is 0 Å². The Kier molecular flexibility index (Phi) is 9.58. The molecule has 224 valence electrons. The van der Waals surface area contributed by atoms with E-state index in [1.54, 1.807) is 3.21 Å². The van der Waals surface area contributed by atoms with Gasteiger partial charge in [-0.25, -0.2) is 0 Å². The third kappa shape index (κ3) is 5.64. The molecule has 3 heteroatoms. The van der Waals surface area contributed by atoms with E-state index < -0.39 is 21.3 Å². The van der Waals surface area contributed by atoms with Gasteiger partial charge in [-0.2, -0.15) is 0 Å². The number of rotatable bonds is 5. The Morgan fingerprint density at radius 2 is 0.957 bits per heavy atom. The molecule has 0 spiro atoms. The predicted molar refractivity (Wildman–Crippen MR) is 183 cm³/mol. The van der Waals surface area contributed by atoms with Gasteiger partial charge in [-0.3, -0.25) is 0 Å². The zero-order valence-corrected chi connectivity index (χ0v) is 29.9. The summed E-state index contributed by atoms with van der Waals surface area (Å²) in [5.74, 6) is 0. The van der Waals surface area contributed by atoms with Crippen LogP contribution in [0.5, 0.6) is 0 Å². The second-order valence-corrected chi connectivity index (χ2v) is 18.5. The molecule has 0 aliphatic heterocycles. The molecule has 1 atom stereocenters. The molecule has 0 heterocycles. The molecule has 0 amide bonds. The van der Waals surface area contributed by atoms with E-state index in [-0.39, 0.29) is 24.8 Å². The standard InChI is InChI=1S/C15H13.C15H11.C13H10.2ClH.Zr/c1-10-3-5-14-12(7-10)9-13-8-11(2)4-6-15(13)14;1-2-6-12(7-3-1)15-10-13-8-4-5-9-14(13)11-15;1-3-7-12(8-4-1)11-13-9-5-2-6-10-13;;;/h3-9H,1-2H3;1-11H;1-10H;2*1H;/q;;;;;+2/p-2. The molecule has 2 aliphatic rings. The summed E-state index contributed by atoms with van der Waals surface area (Å²) < 4.78 is 2.33. The molecule has 0 bridgehead atoms. The first-order valence-electron chi connectivity index (χ1n) is 15.6. The van der Waals surface area contributed by atoms with E-state index in [1.165, 1.54) is 66.8 Å². The predicted octanol–water partition coefficient (Wildman–Crippen LogP) is 4.56. The molecular formula is C43H34Cl2Zr. The van der Waals surface area contributed by atoms with Gasteiger partial charge in [0.1, 0.15) is 0 Å². The van der Waals surface area contributed by atoms with E-state index in [2.05, 4.69) is 172 Å². The second kappa shape index (κ2) is 13.6. The first-order chi connectivity index (χ1) is 21.7. The quantitative estimate of drug-likeness (QED) is 0.246. The van der Waals surface area contributed by atoms with Crippen molar-refractivity contribution in [3.8, 4) is 11.1 Å². The minimum Gasteiger partial charge on any atom is -1.00 e. The number of hydrogen-bond acceptors (Lipinski definition) is 0. The molecule has 0 saturated heterocycles. The number of aryl methyl sites for hydroxylation is 2. The molecule has 46 heavy (non-hydrogen) atoms. The van der Waals surface area contributed by atoms with Crippen LogP contribution in [-0.4, -0.2) is 3.21 Å². The monoisotopic (exact) mass is 710 g/mol. The number of allylic oxidation sites excluding steroid dienone is 1. The van der Waals surface area contributed by atoms with Crippen LogP contribution in [-0.2, 0) is 21.3 Å². The Bertz CT molecular complexity index is 1990. The summed E-state index contributed by atoms with van der Waals surface area (Å²) in [5, 5.41) is 0. The third-order valence-corrected chi connectivity index (χ3v) is 18.4. The van der Waals surface area contributed by atoms with Crippen molar-refractivity contribution in [3.63, 3.8) is 0 Å². The van der Waals surface area contributed by atoms with E-state index in [1.807, 2.05) is 0 Å². The SMILES string of the molecule is Cc1ccc2c(c1)[CH]([Zr+2](=[C](c1ccccc1)c1ccccc1)[CH]1C(c3ccccc3)=Cc3ccccc31)c1cc(C)ccc1-2.[Cl-].[Cl-]. The van der Waals surface area contributed by atoms with Gasteiger partial charge in [0.25, 0.3) is 0 Å². The third-order valence-electron chi connectivity index (χ3n) is 9.40. The molecule has 0 saturated carbocycles. The molecule has 0 fully saturated rings. The Hall–Kier alpha value is -3.61. The first-order valence-corrected chi connectivity index (χ1v) is 19.7. The Labute approximate surface area is 292 Å². The van der Waals surface area contributed by atoms with Crippen molar-refractivity contribution in [1.29, 1.82) is 0 Å². The summed E-state index contributed by atoms with van der Waals surface area (Å²) in [7, 11) is 0. The van der Waals surface area contributed by atoms with E-state index in [0.29, 0.717) is 7.25 Å². The normalized spacial score (nSPS) is 14.0. The van der Waals surface area contributed by atoms with Gasteiger partial charge in [0, 0.05) is 0 Å². The molecule has 8 rings (SSSR count). The Morgan fingerprint density at radius 3 is 1.50 bits per heavy atom. The minimum absolute atomic E-state index is 0.